The van der Waals surface area contributed by atoms with Crippen LogP contribution >= 0.6 is 11.3 Å². The Bertz CT molecular complexity index is 1030. The van der Waals surface area contributed by atoms with E-state index >= 15 is 0 Å². The van der Waals surface area contributed by atoms with Gasteiger partial charge in [-0.25, -0.2) is 9.97 Å². The van der Waals surface area contributed by atoms with Crippen molar-refractivity contribution in [3.63, 3.8) is 0 Å². The van der Waals surface area contributed by atoms with Gasteiger partial charge in [-0.3, -0.25) is 4.79 Å². The van der Waals surface area contributed by atoms with Gasteiger partial charge in [-0.2, -0.15) is 0 Å². The topological polar surface area (TPSA) is 79.9 Å². The molecule has 0 atom stereocenters. The number of rotatable bonds is 6. The Labute approximate surface area is 153 Å². The third-order valence-electron chi connectivity index (χ3n) is 3.84. The van der Waals surface area contributed by atoms with Crippen LogP contribution in [0.2, 0.25) is 0 Å². The molecule has 2 N–H and O–H groups in total. The van der Waals surface area contributed by atoms with Crippen LogP contribution in [-0.4, -0.2) is 20.9 Å². The highest BCUT2D eigenvalue weighted by molar-refractivity contribution is 7.07. The van der Waals surface area contributed by atoms with E-state index in [0.717, 1.165) is 22.3 Å². The van der Waals surface area contributed by atoms with Crippen molar-refractivity contribution in [3.8, 4) is 5.75 Å². The summed E-state index contributed by atoms with van der Waals surface area (Å²) in [5.41, 5.74) is 6.10. The van der Waals surface area contributed by atoms with Crippen molar-refractivity contribution in [3.05, 3.63) is 70.9 Å². The van der Waals surface area contributed by atoms with Gasteiger partial charge in [-0.1, -0.05) is 12.1 Å². The molecule has 0 saturated carbocycles. The second-order valence-electron chi connectivity index (χ2n) is 5.78. The second kappa shape index (κ2) is 7.37. The van der Waals surface area contributed by atoms with E-state index in [1.165, 1.54) is 11.3 Å². The van der Waals surface area contributed by atoms with Gasteiger partial charge in [-0.15, -0.1) is 11.3 Å². The molecule has 0 spiro atoms. The molecule has 0 aliphatic heterocycles. The first-order valence-electron chi connectivity index (χ1n) is 8.08. The average Bonchev–Trinajstić information content (AvgIpc) is 3.31. The Morgan fingerprint density at radius 1 is 1.19 bits per heavy atom. The zero-order valence-electron chi connectivity index (χ0n) is 13.8. The summed E-state index contributed by atoms with van der Waals surface area (Å²) in [6, 6.07) is 13.1. The van der Waals surface area contributed by atoms with Crippen LogP contribution in [0.1, 0.15) is 11.3 Å². The molecule has 0 aliphatic rings. The zero-order chi connectivity index (χ0) is 17.8. The normalized spacial score (nSPS) is 10.8. The molecule has 2 heterocycles. The number of aromatic nitrogens is 3. The average molecular weight is 364 g/mol. The van der Waals surface area contributed by atoms with Gasteiger partial charge < -0.3 is 15.0 Å². The van der Waals surface area contributed by atoms with Crippen molar-refractivity contribution in [2.45, 2.75) is 13.0 Å². The van der Waals surface area contributed by atoms with E-state index in [9.17, 15) is 4.79 Å². The summed E-state index contributed by atoms with van der Waals surface area (Å²) in [5.74, 6) is 0.607. The van der Waals surface area contributed by atoms with Gasteiger partial charge in [0.25, 0.3) is 0 Å². The number of fused-ring (bicyclic) bond motifs is 1. The maximum atomic E-state index is 12.3. The highest BCUT2D eigenvalue weighted by Gasteiger charge is 2.07. The first kappa shape index (κ1) is 16.3. The molecule has 0 fully saturated rings. The maximum absolute atomic E-state index is 12.3. The van der Waals surface area contributed by atoms with Crippen molar-refractivity contribution >= 4 is 34.0 Å². The van der Waals surface area contributed by atoms with Crippen molar-refractivity contribution in [1.82, 2.24) is 15.0 Å². The number of benzene rings is 2. The van der Waals surface area contributed by atoms with E-state index in [1.807, 2.05) is 47.8 Å². The van der Waals surface area contributed by atoms with Gasteiger partial charge in [0.15, 0.2) is 0 Å². The van der Waals surface area contributed by atoms with Gasteiger partial charge in [0.2, 0.25) is 5.91 Å². The molecule has 26 heavy (non-hydrogen) atoms. The van der Waals surface area contributed by atoms with Crippen molar-refractivity contribution in [1.29, 1.82) is 0 Å². The van der Waals surface area contributed by atoms with E-state index in [1.54, 1.807) is 11.8 Å². The minimum absolute atomic E-state index is 0.0829. The summed E-state index contributed by atoms with van der Waals surface area (Å²) in [6.07, 6.45) is 1.94. The highest BCUT2D eigenvalue weighted by Crippen LogP contribution is 2.19. The van der Waals surface area contributed by atoms with Gasteiger partial charge in [-0.05, 0) is 29.8 Å². The van der Waals surface area contributed by atoms with Crippen LogP contribution in [0.25, 0.3) is 11.0 Å². The number of ether oxygens (including phenoxy) is 1. The molecule has 1 amide bonds. The number of aromatic amines is 1. The number of thiazole rings is 1. The van der Waals surface area contributed by atoms with Crippen LogP contribution in [0, 0.1) is 0 Å². The van der Waals surface area contributed by atoms with Crippen LogP contribution in [0.5, 0.6) is 5.75 Å². The smallest absolute Gasteiger partial charge is 0.228 e. The van der Waals surface area contributed by atoms with E-state index in [2.05, 4.69) is 20.3 Å². The number of amides is 1. The van der Waals surface area contributed by atoms with Crippen molar-refractivity contribution < 1.29 is 9.53 Å². The fourth-order valence-electron chi connectivity index (χ4n) is 2.61. The Kier molecular flexibility index (Phi) is 4.61. The lowest BCUT2D eigenvalue weighted by molar-refractivity contribution is -0.115. The van der Waals surface area contributed by atoms with Crippen LogP contribution < -0.4 is 10.1 Å². The molecular weight excluding hydrogens is 348 g/mol. The van der Waals surface area contributed by atoms with E-state index in [0.29, 0.717) is 24.5 Å². The third kappa shape index (κ3) is 3.89. The number of H-pyrrole nitrogens is 1. The predicted octanol–water partition coefficient (Wildman–Crippen LogP) is 3.78. The first-order chi connectivity index (χ1) is 12.8. The van der Waals surface area contributed by atoms with E-state index in [4.69, 9.17) is 4.74 Å². The Morgan fingerprint density at radius 3 is 3.04 bits per heavy atom. The molecule has 4 rings (SSSR count). The lowest BCUT2D eigenvalue weighted by Crippen LogP contribution is -2.14. The predicted molar refractivity (Wildman–Crippen MR) is 101 cm³/mol. The van der Waals surface area contributed by atoms with Crippen LogP contribution in [0.3, 0.4) is 0 Å². The summed E-state index contributed by atoms with van der Waals surface area (Å²) in [6.45, 7) is 0.408. The summed E-state index contributed by atoms with van der Waals surface area (Å²) in [4.78, 5) is 23.7. The number of carbonyl (C=O) groups excluding carboxylic acids is 1. The molecular formula is C19H16N4O2S. The van der Waals surface area contributed by atoms with Crippen LogP contribution in [0.15, 0.2) is 59.7 Å². The van der Waals surface area contributed by atoms with Crippen molar-refractivity contribution in [2.24, 2.45) is 0 Å². The quantitative estimate of drug-likeness (QED) is 0.546. The minimum atomic E-state index is -0.0829. The first-order valence-corrected chi connectivity index (χ1v) is 9.02. The fraction of sp³-hybridized carbons (Fsp3) is 0.105. The second-order valence-corrected chi connectivity index (χ2v) is 6.49. The van der Waals surface area contributed by atoms with Gasteiger partial charge in [0.05, 0.1) is 35.0 Å². The molecule has 0 aliphatic carbocycles. The SMILES string of the molecule is O=C(Cc1ccc2nc[nH]c2c1)Nc1cccc(OCc2cscn2)c1. The number of anilines is 1. The standard InChI is InChI=1S/C19H16N4O2S/c24-19(7-13-4-5-17-18(6-13)21-11-20-17)23-14-2-1-3-16(8-14)25-9-15-10-26-12-22-15/h1-6,8,10-12H,7,9H2,(H,20,21)(H,23,24). The molecule has 6 nitrogen and oxygen atoms in total. The Morgan fingerprint density at radius 2 is 2.15 bits per heavy atom. The molecule has 0 saturated heterocycles. The Hall–Kier alpha value is -3.19. The lowest BCUT2D eigenvalue weighted by Gasteiger charge is -2.09. The fourth-order valence-corrected chi connectivity index (χ4v) is 3.16. The molecule has 4 aromatic rings. The molecule has 2 aromatic heterocycles. The Balaban J connectivity index is 1.38. The maximum Gasteiger partial charge on any atom is 0.228 e. The van der Waals surface area contributed by atoms with Crippen molar-refractivity contribution in [2.75, 3.05) is 5.32 Å². The van der Waals surface area contributed by atoms with Gasteiger partial charge in [0.1, 0.15) is 12.4 Å². The summed E-state index contributed by atoms with van der Waals surface area (Å²) in [7, 11) is 0. The third-order valence-corrected chi connectivity index (χ3v) is 4.47. The number of nitrogens with one attached hydrogen (secondary N) is 2. The lowest BCUT2D eigenvalue weighted by atomic mass is 10.1. The molecule has 0 radical (unpaired) electrons. The number of hydrogen-bond acceptors (Lipinski definition) is 5. The van der Waals surface area contributed by atoms with Gasteiger partial charge in [0, 0.05) is 17.1 Å². The number of nitrogens with zero attached hydrogens (tertiary/aromatic N) is 2. The van der Waals surface area contributed by atoms with Crippen LogP contribution in [-0.2, 0) is 17.8 Å². The van der Waals surface area contributed by atoms with Gasteiger partial charge >= 0.3 is 0 Å². The molecule has 7 heteroatoms. The summed E-state index contributed by atoms with van der Waals surface area (Å²) < 4.78 is 5.71. The molecule has 130 valence electrons. The zero-order valence-corrected chi connectivity index (χ0v) is 14.6. The molecule has 0 bridgehead atoms. The largest absolute Gasteiger partial charge is 0.487 e. The number of hydrogen-bond donors (Lipinski definition) is 2. The summed E-state index contributed by atoms with van der Waals surface area (Å²) >= 11 is 1.53. The molecule has 2 aromatic carbocycles. The number of carbonyl (C=O) groups is 1. The monoisotopic (exact) mass is 364 g/mol. The summed E-state index contributed by atoms with van der Waals surface area (Å²) in [5, 5.41) is 4.85. The molecule has 0 unspecified atom stereocenters. The highest BCUT2D eigenvalue weighted by atomic mass is 32.1. The van der Waals surface area contributed by atoms with E-state index < -0.39 is 0 Å². The minimum Gasteiger partial charge on any atom is -0.487 e. The van der Waals surface area contributed by atoms with E-state index in [-0.39, 0.29) is 5.91 Å². The van der Waals surface area contributed by atoms with Crippen LogP contribution in [0.4, 0.5) is 5.69 Å². The number of imidazole rings is 1.